The highest BCUT2D eigenvalue weighted by molar-refractivity contribution is 5.45. The zero-order chi connectivity index (χ0) is 13.7. The van der Waals surface area contributed by atoms with Gasteiger partial charge in [0.05, 0.1) is 12.6 Å². The summed E-state index contributed by atoms with van der Waals surface area (Å²) in [7, 11) is 0. The maximum atomic E-state index is 5.80. The van der Waals surface area contributed by atoms with Gasteiger partial charge in [0.25, 0.3) is 0 Å². The van der Waals surface area contributed by atoms with Crippen LogP contribution in [-0.4, -0.2) is 19.8 Å². The van der Waals surface area contributed by atoms with E-state index in [2.05, 4.69) is 38.2 Å². The van der Waals surface area contributed by atoms with Gasteiger partial charge < -0.3 is 14.8 Å². The van der Waals surface area contributed by atoms with Gasteiger partial charge in [-0.1, -0.05) is 27.2 Å². The third-order valence-corrected chi connectivity index (χ3v) is 3.64. The molecule has 0 aromatic heterocycles. The first-order valence-electron chi connectivity index (χ1n) is 7.37. The number of hydrogen-bond acceptors (Lipinski definition) is 3. The zero-order valence-corrected chi connectivity index (χ0v) is 12.2. The molecule has 0 saturated carbocycles. The molecule has 3 nitrogen and oxygen atoms in total. The van der Waals surface area contributed by atoms with Gasteiger partial charge in [-0.3, -0.25) is 0 Å². The lowest BCUT2D eigenvalue weighted by Gasteiger charge is -2.12. The highest BCUT2D eigenvalue weighted by Crippen LogP contribution is 2.35. The number of hydrogen-bond donors (Lipinski definition) is 1. The second-order valence-electron chi connectivity index (χ2n) is 5.34. The van der Waals surface area contributed by atoms with Gasteiger partial charge in [-0.2, -0.15) is 0 Å². The van der Waals surface area contributed by atoms with Crippen molar-refractivity contribution in [2.45, 2.75) is 39.7 Å². The lowest BCUT2D eigenvalue weighted by molar-refractivity contribution is 0.255. The summed E-state index contributed by atoms with van der Waals surface area (Å²) in [5, 5.41) is 3.50. The summed E-state index contributed by atoms with van der Waals surface area (Å²) in [4.78, 5) is 0. The summed E-state index contributed by atoms with van der Waals surface area (Å²) in [5.41, 5.74) is 1.25. The largest absolute Gasteiger partial charge is 0.493 e. The normalized spacial score (nSPS) is 18.8. The van der Waals surface area contributed by atoms with Crippen molar-refractivity contribution in [1.29, 1.82) is 0 Å². The van der Waals surface area contributed by atoms with Crippen LogP contribution in [0.3, 0.4) is 0 Å². The van der Waals surface area contributed by atoms with Crippen LogP contribution >= 0.6 is 0 Å². The standard InChI is InChI=1S/C16H25NO2/c1-4-8-17-15-11-19-16-9-13(6-7-14(15)16)18-10-12(3)5-2/h6-7,9,12,15,17H,4-5,8,10-11H2,1-3H3. The molecule has 2 rings (SSSR count). The van der Waals surface area contributed by atoms with Gasteiger partial charge in [0.1, 0.15) is 18.1 Å². The number of ether oxygens (including phenoxy) is 2. The molecule has 0 amide bonds. The van der Waals surface area contributed by atoms with Gasteiger partial charge in [-0.25, -0.2) is 0 Å². The summed E-state index contributed by atoms with van der Waals surface area (Å²) >= 11 is 0. The van der Waals surface area contributed by atoms with E-state index in [0.717, 1.165) is 44.1 Å². The van der Waals surface area contributed by atoms with Crippen LogP contribution in [0.4, 0.5) is 0 Å². The zero-order valence-electron chi connectivity index (χ0n) is 12.2. The van der Waals surface area contributed by atoms with E-state index >= 15 is 0 Å². The third kappa shape index (κ3) is 3.63. The van der Waals surface area contributed by atoms with E-state index in [4.69, 9.17) is 9.47 Å². The SMILES string of the molecule is CCCNC1COc2cc(OCC(C)CC)ccc21. The van der Waals surface area contributed by atoms with Crippen LogP contribution in [-0.2, 0) is 0 Å². The minimum absolute atomic E-state index is 0.332. The van der Waals surface area contributed by atoms with Crippen molar-refractivity contribution in [3.05, 3.63) is 23.8 Å². The lowest BCUT2D eigenvalue weighted by Crippen LogP contribution is -2.22. The molecule has 2 unspecified atom stereocenters. The lowest BCUT2D eigenvalue weighted by atomic mass is 10.1. The van der Waals surface area contributed by atoms with E-state index in [1.165, 1.54) is 5.56 Å². The molecular formula is C16H25NO2. The van der Waals surface area contributed by atoms with E-state index in [1.807, 2.05) is 6.07 Å². The van der Waals surface area contributed by atoms with Crippen LogP contribution in [0.2, 0.25) is 0 Å². The Morgan fingerprint density at radius 3 is 3.00 bits per heavy atom. The van der Waals surface area contributed by atoms with Crippen molar-refractivity contribution in [3.63, 3.8) is 0 Å². The van der Waals surface area contributed by atoms with Gasteiger partial charge in [0, 0.05) is 11.6 Å². The second-order valence-corrected chi connectivity index (χ2v) is 5.34. The van der Waals surface area contributed by atoms with E-state index in [9.17, 15) is 0 Å². The first-order chi connectivity index (χ1) is 9.24. The Bertz CT molecular complexity index is 406. The summed E-state index contributed by atoms with van der Waals surface area (Å²) in [6, 6.07) is 6.53. The van der Waals surface area contributed by atoms with Crippen molar-refractivity contribution in [2.24, 2.45) is 5.92 Å². The average molecular weight is 263 g/mol. The van der Waals surface area contributed by atoms with E-state index < -0.39 is 0 Å². The summed E-state index contributed by atoms with van der Waals surface area (Å²) in [6.07, 6.45) is 2.28. The van der Waals surface area contributed by atoms with Gasteiger partial charge >= 0.3 is 0 Å². The van der Waals surface area contributed by atoms with Crippen molar-refractivity contribution in [1.82, 2.24) is 5.32 Å². The Labute approximate surface area is 116 Å². The number of nitrogens with one attached hydrogen (secondary N) is 1. The molecule has 1 heterocycles. The molecule has 1 aromatic rings. The molecule has 0 radical (unpaired) electrons. The smallest absolute Gasteiger partial charge is 0.127 e. The quantitative estimate of drug-likeness (QED) is 0.816. The van der Waals surface area contributed by atoms with Gasteiger partial charge in [-0.05, 0) is 31.0 Å². The monoisotopic (exact) mass is 263 g/mol. The summed E-state index contributed by atoms with van der Waals surface area (Å²) < 4.78 is 11.5. The van der Waals surface area contributed by atoms with Crippen molar-refractivity contribution < 1.29 is 9.47 Å². The first kappa shape index (κ1) is 14.2. The first-order valence-corrected chi connectivity index (χ1v) is 7.37. The molecule has 106 valence electrons. The summed E-state index contributed by atoms with van der Waals surface area (Å²) in [5.74, 6) is 2.47. The molecule has 1 aliphatic heterocycles. The van der Waals surface area contributed by atoms with Crippen LogP contribution in [0, 0.1) is 5.92 Å². The number of rotatable bonds is 7. The molecular weight excluding hydrogens is 238 g/mol. The molecule has 1 N–H and O–H groups in total. The van der Waals surface area contributed by atoms with E-state index in [1.54, 1.807) is 0 Å². The van der Waals surface area contributed by atoms with E-state index in [-0.39, 0.29) is 0 Å². The van der Waals surface area contributed by atoms with Gasteiger partial charge in [0.15, 0.2) is 0 Å². The topological polar surface area (TPSA) is 30.5 Å². The summed E-state index contributed by atoms with van der Waals surface area (Å²) in [6.45, 7) is 9.09. The molecule has 19 heavy (non-hydrogen) atoms. The third-order valence-electron chi connectivity index (χ3n) is 3.64. The molecule has 2 atom stereocenters. The van der Waals surface area contributed by atoms with Crippen LogP contribution in [0.25, 0.3) is 0 Å². The Kier molecular flexibility index (Phi) is 5.08. The second kappa shape index (κ2) is 6.80. The molecule has 0 fully saturated rings. The molecule has 0 saturated heterocycles. The van der Waals surface area contributed by atoms with Crippen LogP contribution in [0.1, 0.15) is 45.2 Å². The molecule has 3 heteroatoms. The van der Waals surface area contributed by atoms with Crippen LogP contribution in [0.15, 0.2) is 18.2 Å². The molecule has 0 bridgehead atoms. The molecule has 0 aliphatic carbocycles. The minimum atomic E-state index is 0.332. The Morgan fingerprint density at radius 2 is 2.26 bits per heavy atom. The Balaban J connectivity index is 1.97. The fourth-order valence-corrected chi connectivity index (χ4v) is 2.12. The van der Waals surface area contributed by atoms with Gasteiger partial charge in [-0.15, -0.1) is 0 Å². The van der Waals surface area contributed by atoms with Crippen molar-refractivity contribution in [2.75, 3.05) is 19.8 Å². The van der Waals surface area contributed by atoms with Crippen LogP contribution < -0.4 is 14.8 Å². The molecule has 1 aliphatic rings. The Hall–Kier alpha value is -1.22. The molecule has 1 aromatic carbocycles. The Morgan fingerprint density at radius 1 is 1.42 bits per heavy atom. The van der Waals surface area contributed by atoms with Crippen molar-refractivity contribution in [3.8, 4) is 11.5 Å². The highest BCUT2D eigenvalue weighted by Gasteiger charge is 2.23. The minimum Gasteiger partial charge on any atom is -0.493 e. The fourth-order valence-electron chi connectivity index (χ4n) is 2.12. The fraction of sp³-hybridized carbons (Fsp3) is 0.625. The molecule has 0 spiro atoms. The number of fused-ring (bicyclic) bond motifs is 1. The highest BCUT2D eigenvalue weighted by atomic mass is 16.5. The maximum absolute atomic E-state index is 5.80. The van der Waals surface area contributed by atoms with E-state index in [0.29, 0.717) is 12.0 Å². The predicted molar refractivity (Wildman–Crippen MR) is 77.9 cm³/mol. The predicted octanol–water partition coefficient (Wildman–Crippen LogP) is 3.54. The maximum Gasteiger partial charge on any atom is 0.127 e. The average Bonchev–Trinajstić information content (AvgIpc) is 2.84. The van der Waals surface area contributed by atoms with Gasteiger partial charge in [0.2, 0.25) is 0 Å². The van der Waals surface area contributed by atoms with Crippen LogP contribution in [0.5, 0.6) is 11.5 Å². The number of benzene rings is 1. The van der Waals surface area contributed by atoms with Crippen molar-refractivity contribution >= 4 is 0 Å².